The van der Waals surface area contributed by atoms with E-state index in [-0.39, 0.29) is 11.6 Å². The number of benzene rings is 2. The van der Waals surface area contributed by atoms with E-state index >= 15 is 0 Å². The van der Waals surface area contributed by atoms with E-state index in [2.05, 4.69) is 4.98 Å². The third-order valence-electron chi connectivity index (χ3n) is 3.33. The van der Waals surface area contributed by atoms with Crippen LogP contribution in [0.1, 0.15) is 11.1 Å². The highest BCUT2D eigenvalue weighted by molar-refractivity contribution is 5.80. The van der Waals surface area contributed by atoms with E-state index < -0.39 is 0 Å². The summed E-state index contributed by atoms with van der Waals surface area (Å²) in [5, 5.41) is 0. The lowest BCUT2D eigenvalue weighted by molar-refractivity contribution is 0.626. The SMILES string of the molecule is Fc1ccc(-c2ccc(F)cc2C=Cc2ccncc2)cc1. The topological polar surface area (TPSA) is 12.9 Å². The van der Waals surface area contributed by atoms with Gasteiger partial charge in [-0.2, -0.15) is 0 Å². The zero-order valence-electron chi connectivity index (χ0n) is 11.7. The molecule has 0 aliphatic rings. The quantitative estimate of drug-likeness (QED) is 0.647. The molecule has 0 spiro atoms. The van der Waals surface area contributed by atoms with Crippen molar-refractivity contribution >= 4 is 12.2 Å². The Hall–Kier alpha value is -2.81. The molecule has 0 saturated heterocycles. The number of hydrogen-bond acceptors (Lipinski definition) is 1. The van der Waals surface area contributed by atoms with Gasteiger partial charge in [0.25, 0.3) is 0 Å². The molecule has 0 bridgehead atoms. The molecule has 0 fully saturated rings. The monoisotopic (exact) mass is 293 g/mol. The fraction of sp³-hybridized carbons (Fsp3) is 0. The van der Waals surface area contributed by atoms with Crippen molar-refractivity contribution < 1.29 is 8.78 Å². The van der Waals surface area contributed by atoms with Gasteiger partial charge >= 0.3 is 0 Å². The summed E-state index contributed by atoms with van der Waals surface area (Å²) in [6.45, 7) is 0. The average molecular weight is 293 g/mol. The molecular weight excluding hydrogens is 280 g/mol. The lowest BCUT2D eigenvalue weighted by Crippen LogP contribution is -1.86. The molecule has 0 N–H and O–H groups in total. The Morgan fingerprint density at radius 1 is 0.727 bits per heavy atom. The molecule has 0 unspecified atom stereocenters. The Bertz CT molecular complexity index is 793. The second-order valence-electron chi connectivity index (χ2n) is 4.85. The maximum absolute atomic E-state index is 13.5. The predicted octanol–water partition coefficient (Wildman–Crippen LogP) is 5.20. The van der Waals surface area contributed by atoms with Crippen molar-refractivity contribution in [3.8, 4) is 11.1 Å². The standard InChI is InChI=1S/C19H13F2N/c20-17-5-3-15(4-6-17)19-8-7-18(21)13-16(19)2-1-14-9-11-22-12-10-14/h1-13H. The highest BCUT2D eigenvalue weighted by atomic mass is 19.1. The third kappa shape index (κ3) is 3.26. The molecule has 1 heterocycles. The van der Waals surface area contributed by atoms with Gasteiger partial charge in [-0.15, -0.1) is 0 Å². The van der Waals surface area contributed by atoms with Gasteiger partial charge in [0.05, 0.1) is 0 Å². The summed E-state index contributed by atoms with van der Waals surface area (Å²) >= 11 is 0. The number of nitrogens with zero attached hydrogens (tertiary/aromatic N) is 1. The first-order valence-electron chi connectivity index (χ1n) is 6.86. The zero-order valence-corrected chi connectivity index (χ0v) is 11.7. The summed E-state index contributed by atoms with van der Waals surface area (Å²) in [4.78, 5) is 3.96. The Kier molecular flexibility index (Phi) is 4.05. The van der Waals surface area contributed by atoms with Crippen LogP contribution < -0.4 is 0 Å². The largest absolute Gasteiger partial charge is 0.265 e. The molecule has 22 heavy (non-hydrogen) atoms. The van der Waals surface area contributed by atoms with E-state index in [1.54, 1.807) is 30.6 Å². The van der Waals surface area contributed by atoms with Crippen molar-refractivity contribution in [1.82, 2.24) is 4.98 Å². The van der Waals surface area contributed by atoms with Gasteiger partial charge < -0.3 is 0 Å². The Labute approximate surface area is 127 Å². The number of pyridine rings is 1. The van der Waals surface area contributed by atoms with E-state index in [0.29, 0.717) is 0 Å². The Morgan fingerprint density at radius 2 is 1.41 bits per heavy atom. The van der Waals surface area contributed by atoms with Crippen molar-refractivity contribution in [2.24, 2.45) is 0 Å². The number of halogens is 2. The van der Waals surface area contributed by atoms with E-state index in [1.165, 1.54) is 24.3 Å². The van der Waals surface area contributed by atoms with Gasteiger partial charge in [0.15, 0.2) is 0 Å². The summed E-state index contributed by atoms with van der Waals surface area (Å²) in [6.07, 6.45) is 7.14. The fourth-order valence-corrected chi connectivity index (χ4v) is 2.22. The van der Waals surface area contributed by atoms with Crippen molar-refractivity contribution in [3.05, 3.63) is 89.8 Å². The van der Waals surface area contributed by atoms with Crippen LogP contribution in [0.3, 0.4) is 0 Å². The van der Waals surface area contributed by atoms with E-state index in [4.69, 9.17) is 0 Å². The molecule has 1 aromatic heterocycles. The fourth-order valence-electron chi connectivity index (χ4n) is 2.22. The summed E-state index contributed by atoms with van der Waals surface area (Å²) in [5.74, 6) is -0.597. The second-order valence-corrected chi connectivity index (χ2v) is 4.85. The molecule has 0 amide bonds. The van der Waals surface area contributed by atoms with Crippen LogP contribution in [0, 0.1) is 11.6 Å². The lowest BCUT2D eigenvalue weighted by atomic mass is 9.98. The first-order valence-corrected chi connectivity index (χ1v) is 6.86. The minimum absolute atomic E-state index is 0.292. The highest BCUT2D eigenvalue weighted by Gasteiger charge is 2.05. The number of aromatic nitrogens is 1. The van der Waals surface area contributed by atoms with E-state index in [9.17, 15) is 8.78 Å². The summed E-state index contributed by atoms with van der Waals surface area (Å²) < 4.78 is 26.6. The van der Waals surface area contributed by atoms with Crippen molar-refractivity contribution in [1.29, 1.82) is 0 Å². The van der Waals surface area contributed by atoms with Gasteiger partial charge in [-0.3, -0.25) is 4.98 Å². The van der Waals surface area contributed by atoms with Crippen molar-refractivity contribution in [2.75, 3.05) is 0 Å². The van der Waals surface area contributed by atoms with Gasteiger partial charge in [0, 0.05) is 12.4 Å². The van der Waals surface area contributed by atoms with Crippen LogP contribution in [0.25, 0.3) is 23.3 Å². The maximum atomic E-state index is 13.5. The normalized spacial score (nSPS) is 11.0. The lowest BCUT2D eigenvalue weighted by Gasteiger charge is -2.07. The van der Waals surface area contributed by atoms with Crippen LogP contribution in [-0.2, 0) is 0 Å². The average Bonchev–Trinajstić information content (AvgIpc) is 2.55. The Balaban J connectivity index is 2.01. The molecule has 0 radical (unpaired) electrons. The van der Waals surface area contributed by atoms with Gasteiger partial charge in [-0.1, -0.05) is 30.4 Å². The van der Waals surface area contributed by atoms with E-state index in [1.807, 2.05) is 24.3 Å². The van der Waals surface area contributed by atoms with Crippen LogP contribution >= 0.6 is 0 Å². The smallest absolute Gasteiger partial charge is 0.123 e. The molecule has 0 aliphatic carbocycles. The van der Waals surface area contributed by atoms with Gasteiger partial charge in [0.1, 0.15) is 11.6 Å². The van der Waals surface area contributed by atoms with Crippen molar-refractivity contribution in [2.45, 2.75) is 0 Å². The van der Waals surface area contributed by atoms with Crippen molar-refractivity contribution in [3.63, 3.8) is 0 Å². The highest BCUT2D eigenvalue weighted by Crippen LogP contribution is 2.26. The minimum atomic E-state index is -0.305. The van der Waals surface area contributed by atoms with Crippen LogP contribution in [-0.4, -0.2) is 4.98 Å². The first-order chi connectivity index (χ1) is 10.7. The maximum Gasteiger partial charge on any atom is 0.123 e. The van der Waals surface area contributed by atoms with Gasteiger partial charge in [-0.05, 0) is 58.7 Å². The third-order valence-corrected chi connectivity index (χ3v) is 3.33. The Morgan fingerprint density at radius 3 is 2.14 bits per heavy atom. The molecule has 3 rings (SSSR count). The molecule has 108 valence electrons. The summed E-state index contributed by atoms with van der Waals surface area (Å²) in [6, 6.07) is 14.5. The second kappa shape index (κ2) is 6.31. The molecule has 3 aromatic rings. The number of rotatable bonds is 3. The van der Waals surface area contributed by atoms with Crippen LogP contribution in [0.15, 0.2) is 67.0 Å². The molecule has 2 aromatic carbocycles. The first kappa shape index (κ1) is 14.1. The summed E-state index contributed by atoms with van der Waals surface area (Å²) in [5.41, 5.74) is 3.41. The van der Waals surface area contributed by atoms with Crippen LogP contribution in [0.5, 0.6) is 0 Å². The molecule has 0 aliphatic heterocycles. The molecule has 0 saturated carbocycles. The molecular formula is C19H13F2N. The molecule has 1 nitrogen and oxygen atoms in total. The molecule has 3 heteroatoms. The van der Waals surface area contributed by atoms with Gasteiger partial charge in [-0.25, -0.2) is 8.78 Å². The molecule has 0 atom stereocenters. The van der Waals surface area contributed by atoms with Crippen LogP contribution in [0.2, 0.25) is 0 Å². The number of hydrogen-bond donors (Lipinski definition) is 0. The van der Waals surface area contributed by atoms with E-state index in [0.717, 1.165) is 22.3 Å². The summed E-state index contributed by atoms with van der Waals surface area (Å²) in [7, 11) is 0. The predicted molar refractivity (Wildman–Crippen MR) is 85.0 cm³/mol. The van der Waals surface area contributed by atoms with Gasteiger partial charge in [0.2, 0.25) is 0 Å². The van der Waals surface area contributed by atoms with Crippen LogP contribution in [0.4, 0.5) is 8.78 Å². The zero-order chi connectivity index (χ0) is 15.4. The minimum Gasteiger partial charge on any atom is -0.265 e.